The summed E-state index contributed by atoms with van der Waals surface area (Å²) in [4.78, 5) is 25.9. The normalized spacial score (nSPS) is 12.0. The molecule has 1 aromatic rings. The van der Waals surface area contributed by atoms with Gasteiger partial charge in [-0.15, -0.1) is 0 Å². The fraction of sp³-hybridized carbons (Fsp3) is 0.467. The molecule has 0 aromatic heterocycles. The van der Waals surface area contributed by atoms with E-state index in [9.17, 15) is 19.8 Å². The van der Waals surface area contributed by atoms with Crippen LogP contribution >= 0.6 is 67.8 Å². The quantitative estimate of drug-likeness (QED) is 0.250. The average molecular weight is 704 g/mol. The van der Waals surface area contributed by atoms with Gasteiger partial charge in [0, 0.05) is 27.3 Å². The number of aliphatic hydroxyl groups is 4. The Morgan fingerprint density at radius 2 is 1.73 bits per heavy atom. The molecule has 0 aliphatic carbocycles. The number of amides is 2. The molecule has 2 amide bonds. The predicted octanol–water partition coefficient (Wildman–Crippen LogP) is 0.391. The molecule has 1 rings (SSSR count). The van der Waals surface area contributed by atoms with Gasteiger partial charge >= 0.3 is 0 Å². The van der Waals surface area contributed by atoms with Crippen molar-refractivity contribution in [3.05, 3.63) is 21.8 Å². The first-order chi connectivity index (χ1) is 12.2. The van der Waals surface area contributed by atoms with Crippen LogP contribution in [0.3, 0.4) is 0 Å². The van der Waals surface area contributed by atoms with Gasteiger partial charge in [0.15, 0.2) is 0 Å². The predicted molar refractivity (Wildman–Crippen MR) is 121 cm³/mol. The first kappa shape index (κ1) is 24.2. The maximum atomic E-state index is 12.9. The summed E-state index contributed by atoms with van der Waals surface area (Å²) in [5, 5.41) is 39.5. The molecule has 1 atom stereocenters. The van der Waals surface area contributed by atoms with Gasteiger partial charge < -0.3 is 30.6 Å². The van der Waals surface area contributed by atoms with Gasteiger partial charge in [-0.3, -0.25) is 9.59 Å². The van der Waals surface area contributed by atoms with E-state index in [1.54, 1.807) is 0 Å². The third kappa shape index (κ3) is 5.84. The summed E-state index contributed by atoms with van der Waals surface area (Å²) in [6, 6.07) is 0. The Hall–Kier alpha value is 0.190. The summed E-state index contributed by atoms with van der Waals surface area (Å²) < 4.78 is 1.82. The van der Waals surface area contributed by atoms with Gasteiger partial charge in [-0.05, 0) is 79.8 Å². The zero-order chi connectivity index (χ0) is 20.0. The second kappa shape index (κ2) is 11.3. The molecule has 0 spiro atoms. The monoisotopic (exact) mass is 704 g/mol. The molecule has 0 saturated heterocycles. The fourth-order valence-corrected chi connectivity index (χ4v) is 6.61. The van der Waals surface area contributed by atoms with Gasteiger partial charge in [0.25, 0.3) is 5.91 Å². The molecule has 11 heteroatoms. The minimum atomic E-state index is -1.06. The Morgan fingerprint density at radius 3 is 2.23 bits per heavy atom. The standard InChI is InChI=1S/C15H19I3N2O6/c1-20(4-7(24)5-22)15(26)10-11(16)8(2-3-21)12(17)14(13(10)18)19-9(25)6-23/h7,21-24H,2-6H2,1H3,(H,19,25). The lowest BCUT2D eigenvalue weighted by atomic mass is 10.1. The van der Waals surface area contributed by atoms with Crippen molar-refractivity contribution in [3.63, 3.8) is 0 Å². The fourth-order valence-electron chi connectivity index (χ4n) is 2.17. The minimum Gasteiger partial charge on any atom is -0.396 e. The summed E-state index contributed by atoms with van der Waals surface area (Å²) in [6.07, 6.45) is -0.771. The van der Waals surface area contributed by atoms with Crippen LogP contribution in [0.1, 0.15) is 15.9 Å². The van der Waals surface area contributed by atoms with Gasteiger partial charge in [-0.2, -0.15) is 0 Å². The van der Waals surface area contributed by atoms with Gasteiger partial charge in [-0.1, -0.05) is 0 Å². The molecule has 8 nitrogen and oxygen atoms in total. The number of benzene rings is 1. The second-order valence-electron chi connectivity index (χ2n) is 5.37. The summed E-state index contributed by atoms with van der Waals surface area (Å²) >= 11 is 6.01. The Bertz CT molecular complexity index is 686. The lowest BCUT2D eigenvalue weighted by molar-refractivity contribution is -0.118. The topological polar surface area (TPSA) is 130 Å². The van der Waals surface area contributed by atoms with Crippen molar-refractivity contribution in [2.45, 2.75) is 12.5 Å². The van der Waals surface area contributed by atoms with E-state index in [1.807, 2.05) is 67.8 Å². The smallest absolute Gasteiger partial charge is 0.255 e. The Labute approximate surface area is 191 Å². The van der Waals surface area contributed by atoms with E-state index >= 15 is 0 Å². The molecule has 146 valence electrons. The SMILES string of the molecule is CN(CC(O)CO)C(=O)c1c(I)c(CCO)c(I)c(NC(=O)CO)c1I. The molecule has 1 unspecified atom stereocenters. The third-order valence-corrected chi connectivity index (χ3v) is 6.89. The maximum absolute atomic E-state index is 12.9. The molecule has 0 radical (unpaired) electrons. The Morgan fingerprint density at radius 1 is 1.12 bits per heavy atom. The number of aliphatic hydroxyl groups excluding tert-OH is 4. The first-order valence-electron chi connectivity index (χ1n) is 7.44. The minimum absolute atomic E-state index is 0.0544. The maximum Gasteiger partial charge on any atom is 0.255 e. The number of carbonyl (C=O) groups excluding carboxylic acids is 2. The molecule has 0 aliphatic heterocycles. The largest absolute Gasteiger partial charge is 0.396 e. The highest BCUT2D eigenvalue weighted by molar-refractivity contribution is 14.1. The zero-order valence-electron chi connectivity index (χ0n) is 13.8. The van der Waals surface area contributed by atoms with E-state index < -0.39 is 25.2 Å². The van der Waals surface area contributed by atoms with Crippen LogP contribution in [0.5, 0.6) is 0 Å². The van der Waals surface area contributed by atoms with E-state index in [4.69, 9.17) is 10.2 Å². The van der Waals surface area contributed by atoms with E-state index in [0.717, 1.165) is 0 Å². The van der Waals surface area contributed by atoms with Crippen molar-refractivity contribution in [2.24, 2.45) is 0 Å². The van der Waals surface area contributed by atoms with E-state index in [2.05, 4.69) is 5.32 Å². The number of hydrogen-bond acceptors (Lipinski definition) is 6. The van der Waals surface area contributed by atoms with Crippen molar-refractivity contribution < 1.29 is 30.0 Å². The summed E-state index contributed by atoms with van der Waals surface area (Å²) in [7, 11) is 1.50. The van der Waals surface area contributed by atoms with Crippen LogP contribution in [0, 0.1) is 10.7 Å². The van der Waals surface area contributed by atoms with Crippen LogP contribution in [-0.4, -0.2) is 76.7 Å². The van der Waals surface area contributed by atoms with Gasteiger partial charge in [0.2, 0.25) is 5.91 Å². The Kier molecular flexibility index (Phi) is 10.5. The number of nitrogens with zero attached hydrogens (tertiary/aromatic N) is 1. The molecule has 1 aromatic carbocycles. The van der Waals surface area contributed by atoms with Gasteiger partial charge in [0.05, 0.1) is 27.5 Å². The average Bonchev–Trinajstić information content (AvgIpc) is 2.61. The number of halogens is 3. The lowest BCUT2D eigenvalue weighted by Gasteiger charge is -2.24. The lowest BCUT2D eigenvalue weighted by Crippen LogP contribution is -2.37. The number of hydrogen-bond donors (Lipinski definition) is 5. The molecule has 0 bridgehead atoms. The van der Waals surface area contributed by atoms with Crippen LogP contribution in [-0.2, 0) is 11.2 Å². The Balaban J connectivity index is 3.49. The molecular formula is C15H19I3N2O6. The van der Waals surface area contributed by atoms with Crippen LogP contribution in [0.4, 0.5) is 5.69 Å². The van der Waals surface area contributed by atoms with Crippen molar-refractivity contribution in [3.8, 4) is 0 Å². The van der Waals surface area contributed by atoms with Gasteiger partial charge in [0.1, 0.15) is 6.61 Å². The highest BCUT2D eigenvalue weighted by Crippen LogP contribution is 2.36. The van der Waals surface area contributed by atoms with Crippen molar-refractivity contribution in [1.29, 1.82) is 0 Å². The number of rotatable bonds is 8. The first-order valence-corrected chi connectivity index (χ1v) is 10.7. The molecule has 0 heterocycles. The van der Waals surface area contributed by atoms with E-state index in [0.29, 0.717) is 33.9 Å². The van der Waals surface area contributed by atoms with E-state index in [-0.39, 0.29) is 19.1 Å². The molecule has 26 heavy (non-hydrogen) atoms. The third-order valence-electron chi connectivity index (χ3n) is 3.43. The van der Waals surface area contributed by atoms with Crippen molar-refractivity contribution in [2.75, 3.05) is 38.7 Å². The highest BCUT2D eigenvalue weighted by Gasteiger charge is 2.27. The number of anilines is 1. The van der Waals surface area contributed by atoms with E-state index in [1.165, 1.54) is 11.9 Å². The number of likely N-dealkylation sites (N-methyl/N-ethyl adjacent to an activating group) is 1. The van der Waals surface area contributed by atoms with Crippen LogP contribution < -0.4 is 5.32 Å². The van der Waals surface area contributed by atoms with Crippen molar-refractivity contribution >= 4 is 85.3 Å². The number of nitrogens with one attached hydrogen (secondary N) is 1. The molecule has 0 saturated carbocycles. The zero-order valence-corrected chi connectivity index (χ0v) is 20.3. The number of carbonyl (C=O) groups is 2. The second-order valence-corrected chi connectivity index (χ2v) is 8.61. The van der Waals surface area contributed by atoms with Crippen LogP contribution in [0.2, 0.25) is 0 Å². The van der Waals surface area contributed by atoms with Crippen LogP contribution in [0.25, 0.3) is 0 Å². The van der Waals surface area contributed by atoms with Crippen molar-refractivity contribution in [1.82, 2.24) is 4.90 Å². The molecule has 0 fully saturated rings. The summed E-state index contributed by atoms with van der Waals surface area (Å²) in [5.74, 6) is -0.999. The molecule has 0 aliphatic rings. The summed E-state index contributed by atoms with van der Waals surface area (Å²) in [6.45, 7) is -1.35. The highest BCUT2D eigenvalue weighted by atomic mass is 127. The summed E-state index contributed by atoms with van der Waals surface area (Å²) in [5.41, 5.74) is 1.44. The van der Waals surface area contributed by atoms with Gasteiger partial charge in [-0.25, -0.2) is 0 Å². The molecule has 5 N–H and O–H groups in total. The van der Waals surface area contributed by atoms with Crippen LogP contribution in [0.15, 0.2) is 0 Å². The molecular weight excluding hydrogens is 685 g/mol.